The maximum absolute atomic E-state index is 12.3. The van der Waals surface area contributed by atoms with E-state index < -0.39 is 0 Å². The molecule has 1 N–H and O–H groups in total. The zero-order valence-corrected chi connectivity index (χ0v) is 12.9. The van der Waals surface area contributed by atoms with E-state index in [9.17, 15) is 4.79 Å². The van der Waals surface area contributed by atoms with Crippen LogP contribution in [0.2, 0.25) is 0 Å². The lowest BCUT2D eigenvalue weighted by Gasteiger charge is -2.34. The van der Waals surface area contributed by atoms with Gasteiger partial charge in [-0.2, -0.15) is 0 Å². The summed E-state index contributed by atoms with van der Waals surface area (Å²) in [5.74, 6) is 1.41. The number of para-hydroxylation sites is 1. The summed E-state index contributed by atoms with van der Waals surface area (Å²) < 4.78 is 2.03. The molecule has 3 nitrogen and oxygen atoms in total. The minimum absolute atomic E-state index is 0.127. The molecule has 1 amide bonds. The zero-order chi connectivity index (χ0) is 14.8. The molecule has 1 fully saturated rings. The fourth-order valence-corrected chi connectivity index (χ4v) is 3.47. The van der Waals surface area contributed by atoms with Crippen LogP contribution in [0.4, 0.5) is 0 Å². The number of nitrogens with one attached hydrogen (secondary N) is 1. The van der Waals surface area contributed by atoms with E-state index in [1.165, 1.54) is 18.2 Å². The van der Waals surface area contributed by atoms with E-state index in [4.69, 9.17) is 0 Å². The van der Waals surface area contributed by atoms with Gasteiger partial charge in [0.15, 0.2) is 0 Å². The number of hydrogen-bond donors (Lipinski definition) is 1. The Morgan fingerprint density at radius 1 is 1.24 bits per heavy atom. The Labute approximate surface area is 126 Å². The smallest absolute Gasteiger partial charge is 0.240 e. The van der Waals surface area contributed by atoms with E-state index in [0.717, 1.165) is 11.9 Å². The Hall–Kier alpha value is -1.77. The second-order valence-corrected chi connectivity index (χ2v) is 6.44. The van der Waals surface area contributed by atoms with Gasteiger partial charge in [-0.15, -0.1) is 0 Å². The molecule has 1 saturated carbocycles. The molecule has 112 valence electrons. The third-order valence-corrected chi connectivity index (χ3v) is 5.05. The highest BCUT2D eigenvalue weighted by atomic mass is 16.2. The Bertz CT molecular complexity index is 631. The maximum Gasteiger partial charge on any atom is 0.240 e. The van der Waals surface area contributed by atoms with Gasteiger partial charge >= 0.3 is 0 Å². The predicted octanol–water partition coefficient (Wildman–Crippen LogP) is 3.58. The third-order valence-electron chi connectivity index (χ3n) is 5.05. The molecule has 1 aromatic heterocycles. The van der Waals surface area contributed by atoms with Gasteiger partial charge in [-0.25, -0.2) is 0 Å². The number of rotatable bonds is 3. The van der Waals surface area contributed by atoms with Crippen LogP contribution in [0.5, 0.6) is 0 Å². The molecule has 3 atom stereocenters. The summed E-state index contributed by atoms with van der Waals surface area (Å²) in [6.07, 6.45) is 5.62. The van der Waals surface area contributed by atoms with Crippen LogP contribution in [0.15, 0.2) is 36.5 Å². The molecule has 0 unspecified atom stereocenters. The second kappa shape index (κ2) is 5.92. The van der Waals surface area contributed by atoms with Crippen LogP contribution in [-0.4, -0.2) is 16.5 Å². The highest BCUT2D eigenvalue weighted by Gasteiger charge is 2.28. The lowest BCUT2D eigenvalue weighted by atomic mass is 9.78. The van der Waals surface area contributed by atoms with E-state index in [-0.39, 0.29) is 5.91 Å². The van der Waals surface area contributed by atoms with E-state index >= 15 is 0 Å². The van der Waals surface area contributed by atoms with E-state index in [2.05, 4.69) is 37.4 Å². The number of amides is 1. The van der Waals surface area contributed by atoms with Gasteiger partial charge in [0.25, 0.3) is 0 Å². The average molecular weight is 284 g/mol. The number of carbonyl (C=O) groups is 1. The molecule has 0 radical (unpaired) electrons. The van der Waals surface area contributed by atoms with Crippen molar-refractivity contribution in [1.82, 2.24) is 9.88 Å². The molecular weight excluding hydrogens is 260 g/mol. The van der Waals surface area contributed by atoms with Crippen molar-refractivity contribution in [1.29, 1.82) is 0 Å². The minimum atomic E-state index is 0.127. The van der Waals surface area contributed by atoms with Crippen LogP contribution in [0.3, 0.4) is 0 Å². The quantitative estimate of drug-likeness (QED) is 0.918. The van der Waals surface area contributed by atoms with Gasteiger partial charge in [-0.3, -0.25) is 4.79 Å². The van der Waals surface area contributed by atoms with E-state index in [1.54, 1.807) is 0 Å². The molecule has 1 heterocycles. The van der Waals surface area contributed by atoms with E-state index in [0.29, 0.717) is 24.4 Å². The maximum atomic E-state index is 12.3. The lowest BCUT2D eigenvalue weighted by Crippen LogP contribution is -2.44. The van der Waals surface area contributed by atoms with E-state index in [1.807, 2.05) is 22.9 Å². The first-order valence-electron chi connectivity index (χ1n) is 7.98. The fourth-order valence-electron chi connectivity index (χ4n) is 3.47. The third kappa shape index (κ3) is 2.97. The van der Waals surface area contributed by atoms with Crippen molar-refractivity contribution in [2.75, 3.05) is 0 Å². The predicted molar refractivity (Wildman–Crippen MR) is 86.0 cm³/mol. The minimum Gasteiger partial charge on any atom is -0.352 e. The van der Waals surface area contributed by atoms with Gasteiger partial charge < -0.3 is 9.88 Å². The van der Waals surface area contributed by atoms with Gasteiger partial charge in [0.1, 0.15) is 6.54 Å². The van der Waals surface area contributed by atoms with Crippen molar-refractivity contribution in [3.8, 4) is 0 Å². The van der Waals surface area contributed by atoms with Crippen LogP contribution in [0.1, 0.15) is 33.1 Å². The highest BCUT2D eigenvalue weighted by molar-refractivity contribution is 5.83. The first-order valence-corrected chi connectivity index (χ1v) is 7.98. The van der Waals surface area contributed by atoms with Crippen LogP contribution < -0.4 is 5.32 Å². The Kier molecular flexibility index (Phi) is 4.00. The molecule has 0 saturated heterocycles. The van der Waals surface area contributed by atoms with Gasteiger partial charge in [0, 0.05) is 17.8 Å². The first kappa shape index (κ1) is 14.2. The summed E-state index contributed by atoms with van der Waals surface area (Å²) >= 11 is 0. The molecule has 1 aliphatic rings. The molecule has 0 aliphatic heterocycles. The van der Waals surface area contributed by atoms with Gasteiger partial charge in [0.2, 0.25) is 5.91 Å². The summed E-state index contributed by atoms with van der Waals surface area (Å²) in [4.78, 5) is 12.3. The Balaban J connectivity index is 1.66. The van der Waals surface area contributed by atoms with Gasteiger partial charge in [-0.1, -0.05) is 44.9 Å². The number of fused-ring (bicyclic) bond motifs is 1. The van der Waals surface area contributed by atoms with Crippen LogP contribution >= 0.6 is 0 Å². The van der Waals surface area contributed by atoms with Crippen LogP contribution in [0.25, 0.3) is 10.9 Å². The van der Waals surface area contributed by atoms with Crippen LogP contribution in [0, 0.1) is 11.8 Å². The zero-order valence-electron chi connectivity index (χ0n) is 12.9. The standard InChI is InChI=1S/C18H24N2O/c1-13-6-5-8-16(14(13)2)19-18(21)12-20-11-10-15-7-3-4-9-17(15)20/h3-4,7,9-11,13-14,16H,5-6,8,12H2,1-2H3,(H,19,21)/t13-,14-,16-/m1/s1. The normalized spacial score (nSPS) is 25.9. The average Bonchev–Trinajstić information content (AvgIpc) is 2.87. The Morgan fingerprint density at radius 3 is 2.90 bits per heavy atom. The van der Waals surface area contributed by atoms with Crippen molar-refractivity contribution in [2.24, 2.45) is 11.8 Å². The number of carbonyl (C=O) groups excluding carboxylic acids is 1. The summed E-state index contributed by atoms with van der Waals surface area (Å²) in [6.45, 7) is 4.97. The second-order valence-electron chi connectivity index (χ2n) is 6.44. The van der Waals surface area contributed by atoms with Crippen molar-refractivity contribution < 1.29 is 4.79 Å². The molecular formula is C18H24N2O. The molecule has 1 aromatic carbocycles. The number of benzene rings is 1. The van der Waals surface area contributed by atoms with Crippen LogP contribution in [-0.2, 0) is 11.3 Å². The fraction of sp³-hybridized carbons (Fsp3) is 0.500. The Morgan fingerprint density at radius 2 is 2.05 bits per heavy atom. The molecule has 0 bridgehead atoms. The highest BCUT2D eigenvalue weighted by Crippen LogP contribution is 2.29. The summed E-state index contributed by atoms with van der Waals surface area (Å²) in [6, 6.07) is 10.6. The SMILES string of the molecule is C[C@@H]1[C@H](C)CCC[C@H]1NC(=O)Cn1ccc2ccccc21. The van der Waals surface area contributed by atoms with Crippen molar-refractivity contribution in [3.05, 3.63) is 36.5 Å². The largest absolute Gasteiger partial charge is 0.352 e. The number of hydrogen-bond acceptors (Lipinski definition) is 1. The first-order chi connectivity index (χ1) is 10.1. The molecule has 3 heteroatoms. The summed E-state index contributed by atoms with van der Waals surface area (Å²) in [5.41, 5.74) is 1.12. The van der Waals surface area contributed by atoms with Gasteiger partial charge in [0.05, 0.1) is 0 Å². The van der Waals surface area contributed by atoms with Crippen molar-refractivity contribution in [3.63, 3.8) is 0 Å². The lowest BCUT2D eigenvalue weighted by molar-refractivity contribution is -0.123. The number of nitrogens with zero attached hydrogens (tertiary/aromatic N) is 1. The molecule has 2 aromatic rings. The van der Waals surface area contributed by atoms with Crippen molar-refractivity contribution >= 4 is 16.8 Å². The molecule has 21 heavy (non-hydrogen) atoms. The molecule has 3 rings (SSSR count). The number of aromatic nitrogens is 1. The molecule has 1 aliphatic carbocycles. The topological polar surface area (TPSA) is 34.0 Å². The van der Waals surface area contributed by atoms with Gasteiger partial charge in [-0.05, 0) is 35.8 Å². The molecule has 0 spiro atoms. The monoisotopic (exact) mass is 284 g/mol. The summed E-state index contributed by atoms with van der Waals surface area (Å²) in [7, 11) is 0. The summed E-state index contributed by atoms with van der Waals surface area (Å²) in [5, 5.41) is 4.43. The van der Waals surface area contributed by atoms with Crippen molar-refractivity contribution in [2.45, 2.75) is 45.7 Å².